The molecule has 0 radical (unpaired) electrons. The number of cyclic esters (lactones) is 1. The Labute approximate surface area is 185 Å². The predicted molar refractivity (Wildman–Crippen MR) is 104 cm³/mol. The van der Waals surface area contributed by atoms with E-state index in [1.165, 1.54) is 23.4 Å². The summed E-state index contributed by atoms with van der Waals surface area (Å²) in [6, 6.07) is 2.64. The minimum absolute atomic E-state index is 0.195. The maximum absolute atomic E-state index is 11.8. The molecule has 3 rings (SSSR count). The van der Waals surface area contributed by atoms with Crippen molar-refractivity contribution in [3.63, 3.8) is 0 Å². The number of hydrazone groups is 1. The van der Waals surface area contributed by atoms with Gasteiger partial charge in [0, 0.05) is 19.6 Å². The number of rotatable bonds is 8. The molecule has 2 aliphatic heterocycles. The number of nitrogens with zero attached hydrogens (tertiary/aromatic N) is 4. The molecule has 0 aromatic carbocycles. The molecule has 182 valence electrons. The number of furan rings is 1. The highest BCUT2D eigenvalue weighted by Gasteiger charge is 2.33. The van der Waals surface area contributed by atoms with Crippen molar-refractivity contribution in [3.8, 4) is 0 Å². The maximum Gasteiger partial charge on any atom is 0.433 e. The fourth-order valence-corrected chi connectivity index (χ4v) is 2.68. The van der Waals surface area contributed by atoms with Gasteiger partial charge >= 0.3 is 23.9 Å². The quantitative estimate of drug-likeness (QED) is 0.192. The number of aliphatic hydroxyl groups excluding tert-OH is 2. The van der Waals surface area contributed by atoms with E-state index in [0.717, 1.165) is 13.1 Å². The van der Waals surface area contributed by atoms with Crippen molar-refractivity contribution in [2.45, 2.75) is 18.3 Å². The number of carbonyl (C=O) groups excluding carboxylic acids is 1. The van der Waals surface area contributed by atoms with Crippen molar-refractivity contribution in [2.24, 2.45) is 5.10 Å². The summed E-state index contributed by atoms with van der Waals surface area (Å²) in [4.78, 5) is 43.4. The molecule has 0 spiro atoms. The third-order valence-electron chi connectivity index (χ3n) is 4.34. The van der Waals surface area contributed by atoms with E-state index in [2.05, 4.69) is 10.0 Å². The summed E-state index contributed by atoms with van der Waals surface area (Å²) in [7, 11) is 0. The summed E-state index contributed by atoms with van der Waals surface area (Å²) in [5, 5.41) is 48.2. The Kier molecular flexibility index (Phi) is 9.22. The molecule has 2 aliphatic rings. The van der Waals surface area contributed by atoms with Gasteiger partial charge in [-0.1, -0.05) is 0 Å². The SMILES string of the molecule is O=C(O)C(O)[C@@H](O)C(=O)O.O=C1O[C@H](CN2CCOCC2)CN1/N=C/c1ccc([N+](=O)[O-])o1. The normalized spacial score (nSPS) is 20.6. The van der Waals surface area contributed by atoms with Gasteiger partial charge < -0.3 is 34.3 Å². The van der Waals surface area contributed by atoms with Gasteiger partial charge in [-0.3, -0.25) is 15.0 Å². The number of carboxylic acid groups (broad SMARTS) is 2. The summed E-state index contributed by atoms with van der Waals surface area (Å²) < 4.78 is 15.5. The fraction of sp³-hybridized carbons (Fsp3) is 0.529. The first-order chi connectivity index (χ1) is 15.6. The number of nitro groups is 1. The molecular formula is C17H22N4O12. The number of ether oxygens (including phenoxy) is 2. The van der Waals surface area contributed by atoms with Crippen LogP contribution in [-0.2, 0) is 19.1 Å². The topological polar surface area (TPSA) is 226 Å². The number of aliphatic hydroxyl groups is 2. The number of hydrogen-bond acceptors (Lipinski definition) is 12. The van der Waals surface area contributed by atoms with Crippen LogP contribution in [0.4, 0.5) is 10.7 Å². The van der Waals surface area contributed by atoms with E-state index >= 15 is 0 Å². The number of aliphatic carboxylic acids is 2. The third kappa shape index (κ3) is 7.79. The molecule has 4 N–H and O–H groups in total. The summed E-state index contributed by atoms with van der Waals surface area (Å²) in [6.07, 6.45) is -4.08. The van der Waals surface area contributed by atoms with Crippen LogP contribution >= 0.6 is 0 Å². The van der Waals surface area contributed by atoms with E-state index < -0.39 is 35.2 Å². The molecular weight excluding hydrogens is 452 g/mol. The van der Waals surface area contributed by atoms with Crippen molar-refractivity contribution in [1.82, 2.24) is 9.91 Å². The second-order valence-corrected chi connectivity index (χ2v) is 6.74. The van der Waals surface area contributed by atoms with Crippen LogP contribution in [0.3, 0.4) is 0 Å². The largest absolute Gasteiger partial charge is 0.479 e. The molecule has 0 saturated carbocycles. The van der Waals surface area contributed by atoms with Gasteiger partial charge in [-0.2, -0.15) is 10.1 Å². The fourth-order valence-electron chi connectivity index (χ4n) is 2.68. The van der Waals surface area contributed by atoms with Crippen molar-refractivity contribution < 1.29 is 53.6 Å². The zero-order chi connectivity index (χ0) is 24.5. The van der Waals surface area contributed by atoms with Gasteiger partial charge in [-0.15, -0.1) is 0 Å². The van der Waals surface area contributed by atoms with Crippen LogP contribution in [-0.4, -0.2) is 117 Å². The lowest BCUT2D eigenvalue weighted by molar-refractivity contribution is -0.402. The standard InChI is InChI=1S/C13H16N4O6.C4H6O6/c18-13-16(14-7-10-1-2-12(22-10)17(19)20)9-11(23-13)8-15-3-5-21-6-4-15;5-1(3(7)8)2(6)4(9)10/h1-2,7,11H,3-6,8-9H2;1-2,5-6H,(H,7,8)(H,9,10)/b14-7+;/t11-;1-,2?/m11/s1. The minimum Gasteiger partial charge on any atom is -0.479 e. The van der Waals surface area contributed by atoms with Gasteiger partial charge in [-0.25, -0.2) is 14.4 Å². The van der Waals surface area contributed by atoms with Crippen LogP contribution in [0.5, 0.6) is 0 Å². The van der Waals surface area contributed by atoms with E-state index in [4.69, 9.17) is 34.3 Å². The molecule has 1 unspecified atom stereocenters. The Morgan fingerprint density at radius 1 is 1.21 bits per heavy atom. The zero-order valence-corrected chi connectivity index (χ0v) is 17.1. The molecule has 0 bridgehead atoms. The first-order valence-electron chi connectivity index (χ1n) is 9.46. The molecule has 16 heteroatoms. The molecule has 3 atom stereocenters. The van der Waals surface area contributed by atoms with Crippen LogP contribution in [0.1, 0.15) is 5.76 Å². The number of carboxylic acids is 2. The van der Waals surface area contributed by atoms with Crippen molar-refractivity contribution in [2.75, 3.05) is 39.4 Å². The van der Waals surface area contributed by atoms with E-state index in [-0.39, 0.29) is 17.7 Å². The smallest absolute Gasteiger partial charge is 0.433 e. The van der Waals surface area contributed by atoms with Gasteiger partial charge in [0.05, 0.1) is 32.0 Å². The number of morpholine rings is 1. The highest BCUT2D eigenvalue weighted by Crippen LogP contribution is 2.16. The van der Waals surface area contributed by atoms with E-state index in [1.54, 1.807) is 0 Å². The third-order valence-corrected chi connectivity index (χ3v) is 4.34. The Bertz CT molecular complexity index is 863. The molecule has 2 fully saturated rings. The lowest BCUT2D eigenvalue weighted by Gasteiger charge is -2.27. The first kappa shape index (κ1) is 25.7. The second kappa shape index (κ2) is 11.9. The van der Waals surface area contributed by atoms with Crippen LogP contribution < -0.4 is 0 Å². The highest BCUT2D eigenvalue weighted by molar-refractivity contribution is 5.83. The summed E-state index contributed by atoms with van der Waals surface area (Å²) in [6.45, 7) is 3.95. The van der Waals surface area contributed by atoms with E-state index in [0.29, 0.717) is 26.3 Å². The Morgan fingerprint density at radius 2 is 1.82 bits per heavy atom. The number of hydrogen-bond donors (Lipinski definition) is 4. The average Bonchev–Trinajstić information content (AvgIpc) is 3.38. The molecule has 3 heterocycles. The lowest BCUT2D eigenvalue weighted by Crippen LogP contribution is -2.41. The highest BCUT2D eigenvalue weighted by atomic mass is 16.6. The zero-order valence-electron chi connectivity index (χ0n) is 17.1. The van der Waals surface area contributed by atoms with Gasteiger partial charge in [0.15, 0.2) is 18.0 Å². The maximum atomic E-state index is 11.8. The summed E-state index contributed by atoms with van der Waals surface area (Å²) >= 11 is 0. The molecule has 2 saturated heterocycles. The Morgan fingerprint density at radius 3 is 2.33 bits per heavy atom. The van der Waals surface area contributed by atoms with Crippen molar-refractivity contribution >= 4 is 30.1 Å². The lowest BCUT2D eigenvalue weighted by atomic mass is 10.2. The molecule has 0 aliphatic carbocycles. The van der Waals surface area contributed by atoms with E-state index in [1.807, 2.05) is 0 Å². The summed E-state index contributed by atoms with van der Waals surface area (Å²) in [5.74, 6) is -3.72. The Hall–Kier alpha value is -3.60. The predicted octanol–water partition coefficient (Wildman–Crippen LogP) is -1.45. The molecule has 1 amide bonds. The molecule has 16 nitrogen and oxygen atoms in total. The molecule has 33 heavy (non-hydrogen) atoms. The molecule has 1 aromatic heterocycles. The van der Waals surface area contributed by atoms with Crippen LogP contribution in [0.2, 0.25) is 0 Å². The van der Waals surface area contributed by atoms with Crippen molar-refractivity contribution in [3.05, 3.63) is 28.0 Å². The molecule has 1 aromatic rings. The van der Waals surface area contributed by atoms with Gasteiger partial charge in [0.1, 0.15) is 11.0 Å². The average molecular weight is 474 g/mol. The van der Waals surface area contributed by atoms with Gasteiger partial charge in [0.2, 0.25) is 0 Å². The second-order valence-electron chi connectivity index (χ2n) is 6.74. The van der Waals surface area contributed by atoms with Gasteiger partial charge in [-0.05, 0) is 6.07 Å². The van der Waals surface area contributed by atoms with E-state index in [9.17, 15) is 24.5 Å². The Balaban J connectivity index is 0.000000328. The monoisotopic (exact) mass is 474 g/mol. The minimum atomic E-state index is -2.27. The van der Waals surface area contributed by atoms with Gasteiger partial charge in [0.25, 0.3) is 0 Å². The van der Waals surface area contributed by atoms with Crippen LogP contribution in [0, 0.1) is 10.1 Å². The van der Waals surface area contributed by atoms with Crippen molar-refractivity contribution in [1.29, 1.82) is 0 Å². The number of amides is 1. The summed E-state index contributed by atoms with van der Waals surface area (Å²) in [5.41, 5.74) is 0. The van der Waals surface area contributed by atoms with Crippen LogP contribution in [0.25, 0.3) is 0 Å². The van der Waals surface area contributed by atoms with Crippen LogP contribution in [0.15, 0.2) is 21.7 Å². The number of carbonyl (C=O) groups is 3. The first-order valence-corrected chi connectivity index (χ1v) is 9.46.